The first-order valence-corrected chi connectivity index (χ1v) is 5.20. The van der Waals surface area contributed by atoms with Crippen LogP contribution in [0.5, 0.6) is 0 Å². The van der Waals surface area contributed by atoms with Gasteiger partial charge in [-0.25, -0.2) is 4.98 Å². The molecule has 7 heteroatoms. The number of pyridine rings is 1. The Kier molecular flexibility index (Phi) is 2.10. The SMILES string of the molecule is O=C(O)C1CCc2cc(-n3cnnn3)ncc21. The molecule has 0 aliphatic heterocycles. The van der Waals surface area contributed by atoms with Gasteiger partial charge in [0.1, 0.15) is 6.33 Å². The number of carbonyl (C=O) groups is 1. The van der Waals surface area contributed by atoms with E-state index in [9.17, 15) is 4.79 Å². The van der Waals surface area contributed by atoms with Crippen LogP contribution in [-0.2, 0) is 11.2 Å². The monoisotopic (exact) mass is 231 g/mol. The molecule has 2 aromatic heterocycles. The first-order valence-electron chi connectivity index (χ1n) is 5.20. The molecule has 2 heterocycles. The predicted octanol–water partition coefficient (Wildman–Crippen LogP) is 0.172. The summed E-state index contributed by atoms with van der Waals surface area (Å²) in [6, 6.07) is 1.84. The van der Waals surface area contributed by atoms with Gasteiger partial charge in [0, 0.05) is 6.20 Å². The fourth-order valence-electron chi connectivity index (χ4n) is 2.13. The molecule has 0 aromatic carbocycles. The Balaban J connectivity index is 2.02. The van der Waals surface area contributed by atoms with Gasteiger partial charge in [-0.1, -0.05) is 0 Å². The molecule has 0 spiro atoms. The average molecular weight is 231 g/mol. The number of carboxylic acids is 1. The molecule has 1 aliphatic rings. The molecule has 1 aliphatic carbocycles. The van der Waals surface area contributed by atoms with Crippen molar-refractivity contribution in [3.63, 3.8) is 0 Å². The van der Waals surface area contributed by atoms with Crippen LogP contribution >= 0.6 is 0 Å². The van der Waals surface area contributed by atoms with Gasteiger partial charge in [0.2, 0.25) is 0 Å². The van der Waals surface area contributed by atoms with Crippen molar-refractivity contribution in [2.45, 2.75) is 18.8 Å². The van der Waals surface area contributed by atoms with Crippen LogP contribution in [0.4, 0.5) is 0 Å². The lowest BCUT2D eigenvalue weighted by atomic mass is 10.0. The van der Waals surface area contributed by atoms with Gasteiger partial charge in [-0.05, 0) is 40.5 Å². The number of carboxylic acid groups (broad SMARTS) is 1. The molecule has 0 saturated heterocycles. The van der Waals surface area contributed by atoms with Crippen LogP contribution in [0.1, 0.15) is 23.5 Å². The summed E-state index contributed by atoms with van der Waals surface area (Å²) in [6.07, 6.45) is 4.45. The first-order chi connectivity index (χ1) is 8.25. The molecule has 1 unspecified atom stereocenters. The van der Waals surface area contributed by atoms with Crippen molar-refractivity contribution in [2.24, 2.45) is 0 Å². The van der Waals surface area contributed by atoms with Gasteiger partial charge in [-0.2, -0.15) is 4.68 Å². The Hall–Kier alpha value is -2.31. The predicted molar refractivity (Wildman–Crippen MR) is 55.6 cm³/mol. The highest BCUT2D eigenvalue weighted by molar-refractivity contribution is 5.77. The van der Waals surface area contributed by atoms with Gasteiger partial charge in [0.25, 0.3) is 0 Å². The quantitative estimate of drug-likeness (QED) is 0.791. The maximum atomic E-state index is 11.0. The number of aromatic nitrogens is 5. The summed E-state index contributed by atoms with van der Waals surface area (Å²) >= 11 is 0. The summed E-state index contributed by atoms with van der Waals surface area (Å²) in [5.41, 5.74) is 1.81. The Bertz CT molecular complexity index is 566. The van der Waals surface area contributed by atoms with Crippen molar-refractivity contribution in [2.75, 3.05) is 0 Å². The highest BCUT2D eigenvalue weighted by Crippen LogP contribution is 2.33. The largest absolute Gasteiger partial charge is 0.481 e. The minimum atomic E-state index is -0.791. The summed E-state index contributed by atoms with van der Waals surface area (Å²) in [6.45, 7) is 0. The van der Waals surface area contributed by atoms with Crippen LogP contribution in [0.2, 0.25) is 0 Å². The van der Waals surface area contributed by atoms with E-state index in [4.69, 9.17) is 5.11 Å². The van der Waals surface area contributed by atoms with Crippen LogP contribution in [0.25, 0.3) is 5.82 Å². The van der Waals surface area contributed by atoms with Crippen molar-refractivity contribution in [3.8, 4) is 5.82 Å². The van der Waals surface area contributed by atoms with E-state index < -0.39 is 11.9 Å². The zero-order chi connectivity index (χ0) is 11.8. The van der Waals surface area contributed by atoms with Crippen molar-refractivity contribution >= 4 is 5.97 Å². The maximum absolute atomic E-state index is 11.0. The van der Waals surface area contributed by atoms with Gasteiger partial charge < -0.3 is 5.11 Å². The molecule has 1 N–H and O–H groups in total. The third-order valence-electron chi connectivity index (χ3n) is 2.97. The van der Waals surface area contributed by atoms with Gasteiger partial charge in [0.05, 0.1) is 5.92 Å². The van der Waals surface area contributed by atoms with E-state index in [1.54, 1.807) is 6.20 Å². The molecular formula is C10H9N5O2. The summed E-state index contributed by atoms with van der Waals surface area (Å²) in [7, 11) is 0. The van der Waals surface area contributed by atoms with Crippen LogP contribution in [0.3, 0.4) is 0 Å². The fraction of sp³-hybridized carbons (Fsp3) is 0.300. The lowest BCUT2D eigenvalue weighted by Gasteiger charge is -2.06. The first kappa shape index (κ1) is 9.88. The summed E-state index contributed by atoms with van der Waals surface area (Å²) in [5.74, 6) is -0.610. The van der Waals surface area contributed by atoms with Crippen LogP contribution in [-0.4, -0.2) is 36.3 Å². The third kappa shape index (κ3) is 1.55. The summed E-state index contributed by atoms with van der Waals surface area (Å²) < 4.78 is 1.45. The molecule has 0 fully saturated rings. The van der Waals surface area contributed by atoms with Crippen LogP contribution in [0, 0.1) is 0 Å². The van der Waals surface area contributed by atoms with Crippen molar-refractivity contribution in [1.29, 1.82) is 0 Å². The zero-order valence-corrected chi connectivity index (χ0v) is 8.82. The second-order valence-electron chi connectivity index (χ2n) is 3.93. The number of nitrogens with zero attached hydrogens (tertiary/aromatic N) is 5. The number of tetrazole rings is 1. The molecule has 7 nitrogen and oxygen atoms in total. The molecule has 0 bridgehead atoms. The molecule has 0 amide bonds. The Morgan fingerprint density at radius 3 is 3.12 bits per heavy atom. The fourth-order valence-corrected chi connectivity index (χ4v) is 2.13. The topological polar surface area (TPSA) is 93.8 Å². The number of rotatable bonds is 2. The average Bonchev–Trinajstić information content (AvgIpc) is 2.97. The van der Waals surface area contributed by atoms with E-state index >= 15 is 0 Å². The number of hydrogen-bond donors (Lipinski definition) is 1. The number of aliphatic carboxylic acids is 1. The van der Waals surface area contributed by atoms with E-state index in [-0.39, 0.29) is 0 Å². The molecule has 1 atom stereocenters. The van der Waals surface area contributed by atoms with E-state index in [2.05, 4.69) is 20.5 Å². The van der Waals surface area contributed by atoms with Gasteiger partial charge in [-0.15, -0.1) is 5.10 Å². The lowest BCUT2D eigenvalue weighted by Crippen LogP contribution is -2.08. The number of fused-ring (bicyclic) bond motifs is 1. The van der Waals surface area contributed by atoms with E-state index in [0.717, 1.165) is 17.5 Å². The standard InChI is InChI=1S/C10H9N5O2/c16-10(17)7-2-1-6-3-9(11-4-8(6)7)15-5-12-13-14-15/h3-5,7H,1-2H2,(H,16,17). The minimum absolute atomic E-state index is 0.430. The Labute approximate surface area is 96.1 Å². The van der Waals surface area contributed by atoms with Crippen molar-refractivity contribution in [1.82, 2.24) is 25.2 Å². The molecule has 0 radical (unpaired) electrons. The molecule has 17 heavy (non-hydrogen) atoms. The van der Waals surface area contributed by atoms with Crippen molar-refractivity contribution in [3.05, 3.63) is 29.7 Å². The molecular weight excluding hydrogens is 222 g/mol. The second-order valence-corrected chi connectivity index (χ2v) is 3.93. The lowest BCUT2D eigenvalue weighted by molar-refractivity contribution is -0.138. The van der Waals surface area contributed by atoms with Crippen molar-refractivity contribution < 1.29 is 9.90 Å². The van der Waals surface area contributed by atoms with Crippen LogP contribution < -0.4 is 0 Å². The zero-order valence-electron chi connectivity index (χ0n) is 8.82. The highest BCUT2D eigenvalue weighted by Gasteiger charge is 2.29. The highest BCUT2D eigenvalue weighted by atomic mass is 16.4. The molecule has 3 rings (SSSR count). The molecule has 0 saturated carbocycles. The third-order valence-corrected chi connectivity index (χ3v) is 2.97. The number of aryl methyl sites for hydroxylation is 1. The summed E-state index contributed by atoms with van der Waals surface area (Å²) in [4.78, 5) is 15.2. The van der Waals surface area contributed by atoms with Gasteiger partial charge in [-0.3, -0.25) is 4.79 Å². The normalized spacial score (nSPS) is 18.0. The summed E-state index contributed by atoms with van der Waals surface area (Å²) in [5, 5.41) is 19.9. The molecule has 2 aromatic rings. The smallest absolute Gasteiger partial charge is 0.311 e. The Morgan fingerprint density at radius 1 is 1.53 bits per heavy atom. The number of hydrogen-bond acceptors (Lipinski definition) is 5. The van der Waals surface area contributed by atoms with E-state index in [1.807, 2.05) is 6.07 Å². The minimum Gasteiger partial charge on any atom is -0.481 e. The van der Waals surface area contributed by atoms with Gasteiger partial charge in [0.15, 0.2) is 5.82 Å². The maximum Gasteiger partial charge on any atom is 0.311 e. The van der Waals surface area contributed by atoms with E-state index in [0.29, 0.717) is 12.2 Å². The van der Waals surface area contributed by atoms with E-state index in [1.165, 1.54) is 11.0 Å². The van der Waals surface area contributed by atoms with Gasteiger partial charge >= 0.3 is 5.97 Å². The van der Waals surface area contributed by atoms with Crippen LogP contribution in [0.15, 0.2) is 18.6 Å². The second kappa shape index (κ2) is 3.62. The molecule has 86 valence electrons. The Morgan fingerprint density at radius 2 is 2.41 bits per heavy atom.